The molecule has 0 aliphatic heterocycles. The molecule has 0 aliphatic carbocycles. The molecule has 0 fully saturated rings. The molecule has 2 aromatic heterocycles. The van der Waals surface area contributed by atoms with Gasteiger partial charge in [-0.05, 0) is 82.6 Å². The minimum Gasteiger partial charge on any atom is -0.544 e. The molecule has 0 saturated carbocycles. The molecular weight excluding hydrogens is 482 g/mol. The first-order valence-corrected chi connectivity index (χ1v) is 13.7. The number of nitrogens with one attached hydrogen (secondary N) is 1. The van der Waals surface area contributed by atoms with Gasteiger partial charge in [-0.1, -0.05) is 20.8 Å². The van der Waals surface area contributed by atoms with Crippen molar-refractivity contribution < 1.29 is 4.43 Å². The quantitative estimate of drug-likeness (QED) is 0.308. The van der Waals surface area contributed by atoms with Crippen molar-refractivity contribution >= 4 is 35.8 Å². The Hall–Kier alpha value is -3.20. The van der Waals surface area contributed by atoms with Crippen LogP contribution in [0.15, 0.2) is 65.5 Å². The highest BCUT2D eigenvalue weighted by Crippen LogP contribution is 2.37. The summed E-state index contributed by atoms with van der Waals surface area (Å²) in [6, 6.07) is 18.7. The average molecular weight is 508 g/mol. The molecule has 8 heteroatoms. The number of hydrogen-bond donors (Lipinski definition) is 1. The fraction of sp³-hybridized carbons (Fsp3) is 0.250. The molecule has 0 saturated heterocycles. The van der Waals surface area contributed by atoms with Crippen molar-refractivity contribution in [2.75, 3.05) is 5.32 Å². The molecule has 0 spiro atoms. The molecule has 3 rings (SSSR count). The van der Waals surface area contributed by atoms with Gasteiger partial charge in [0.15, 0.2) is 0 Å². The van der Waals surface area contributed by atoms with Gasteiger partial charge in [0, 0.05) is 18.1 Å². The van der Waals surface area contributed by atoms with Crippen LogP contribution in [0.25, 0.3) is 0 Å². The fourth-order valence-electron chi connectivity index (χ4n) is 2.24. The van der Waals surface area contributed by atoms with E-state index in [2.05, 4.69) is 71.1 Å². The smallest absolute Gasteiger partial charge is 0.250 e. The standard InChI is InChI=1S/C18H23N3OSi.C6H3BrN2/c1-18(2,3)23(4,5)22-16-8-6-15(7-9-16)21-17-12-14(13-19)10-11-20-17;7-6-3-5(4-8)1-2-9-6/h6-12H,1-5H3,(H,20,21);1-3H. The van der Waals surface area contributed by atoms with Crippen LogP contribution in [-0.4, -0.2) is 18.3 Å². The Bertz CT molecular complexity index is 1130. The molecule has 0 amide bonds. The van der Waals surface area contributed by atoms with Crippen molar-refractivity contribution in [1.29, 1.82) is 10.5 Å². The van der Waals surface area contributed by atoms with Gasteiger partial charge in [-0.25, -0.2) is 9.97 Å². The van der Waals surface area contributed by atoms with Crippen LogP contribution in [0.2, 0.25) is 18.1 Å². The third-order valence-corrected chi connectivity index (χ3v) is 9.84. The van der Waals surface area contributed by atoms with Gasteiger partial charge in [-0.15, -0.1) is 0 Å². The largest absolute Gasteiger partial charge is 0.544 e. The summed E-state index contributed by atoms with van der Waals surface area (Å²) in [7, 11) is -1.82. The normalized spacial score (nSPS) is 10.8. The van der Waals surface area contributed by atoms with Gasteiger partial charge in [0.05, 0.1) is 23.3 Å². The van der Waals surface area contributed by atoms with Crippen LogP contribution in [-0.2, 0) is 0 Å². The Kier molecular flexibility index (Phi) is 8.53. The summed E-state index contributed by atoms with van der Waals surface area (Å²) < 4.78 is 6.96. The first-order valence-electron chi connectivity index (χ1n) is 9.98. The van der Waals surface area contributed by atoms with E-state index in [-0.39, 0.29) is 5.04 Å². The van der Waals surface area contributed by atoms with Crippen molar-refractivity contribution in [3.8, 4) is 17.9 Å². The number of anilines is 2. The summed E-state index contributed by atoms with van der Waals surface area (Å²) in [5.41, 5.74) is 2.12. The van der Waals surface area contributed by atoms with Crippen LogP contribution in [0.5, 0.6) is 5.75 Å². The number of rotatable bonds is 4. The van der Waals surface area contributed by atoms with Crippen molar-refractivity contribution in [3.05, 3.63) is 76.7 Å². The van der Waals surface area contributed by atoms with E-state index in [0.717, 1.165) is 11.4 Å². The van der Waals surface area contributed by atoms with E-state index in [0.29, 0.717) is 21.5 Å². The second-order valence-corrected chi connectivity index (χ2v) is 14.1. The van der Waals surface area contributed by atoms with Crippen molar-refractivity contribution in [2.45, 2.75) is 38.9 Å². The van der Waals surface area contributed by atoms with Gasteiger partial charge in [-0.2, -0.15) is 10.5 Å². The Morgan fingerprint density at radius 1 is 0.906 bits per heavy atom. The van der Waals surface area contributed by atoms with Crippen molar-refractivity contribution in [1.82, 2.24) is 9.97 Å². The lowest BCUT2D eigenvalue weighted by molar-refractivity contribution is 0.492. The van der Waals surface area contributed by atoms with Crippen molar-refractivity contribution in [2.24, 2.45) is 0 Å². The number of aromatic nitrogens is 2. The first kappa shape index (κ1) is 25.1. The van der Waals surface area contributed by atoms with Gasteiger partial charge in [0.2, 0.25) is 8.32 Å². The zero-order valence-electron chi connectivity index (χ0n) is 18.8. The fourth-order valence-corrected chi connectivity index (χ4v) is 3.64. The molecule has 164 valence electrons. The number of halogens is 1. The van der Waals surface area contributed by atoms with Gasteiger partial charge in [0.1, 0.15) is 16.2 Å². The van der Waals surface area contributed by atoms with Crippen LogP contribution < -0.4 is 9.74 Å². The number of pyridine rings is 2. The van der Waals surface area contributed by atoms with Gasteiger partial charge < -0.3 is 9.74 Å². The number of benzene rings is 1. The predicted molar refractivity (Wildman–Crippen MR) is 133 cm³/mol. The van der Waals surface area contributed by atoms with E-state index in [1.165, 1.54) is 0 Å². The Labute approximate surface area is 199 Å². The molecule has 0 atom stereocenters. The van der Waals surface area contributed by atoms with E-state index >= 15 is 0 Å². The van der Waals surface area contributed by atoms with Crippen LogP contribution >= 0.6 is 15.9 Å². The van der Waals surface area contributed by atoms with Crippen LogP contribution in [0.3, 0.4) is 0 Å². The predicted octanol–water partition coefficient (Wildman–Crippen LogP) is 6.80. The molecular formula is C24H26BrN5OSi. The lowest BCUT2D eigenvalue weighted by atomic mass is 10.2. The van der Waals surface area contributed by atoms with Gasteiger partial charge in [-0.3, -0.25) is 0 Å². The Balaban J connectivity index is 0.000000336. The first-order chi connectivity index (χ1) is 15.0. The summed E-state index contributed by atoms with van der Waals surface area (Å²) in [6.45, 7) is 11.1. The van der Waals surface area contributed by atoms with Crippen LogP contribution in [0, 0.1) is 22.7 Å². The number of nitriles is 2. The molecule has 0 radical (unpaired) electrons. The minimum atomic E-state index is -1.82. The highest BCUT2D eigenvalue weighted by atomic mass is 79.9. The van der Waals surface area contributed by atoms with E-state index in [1.54, 1.807) is 36.7 Å². The molecule has 0 aliphatic rings. The number of hydrogen-bond acceptors (Lipinski definition) is 6. The molecule has 1 aromatic carbocycles. The summed E-state index contributed by atoms with van der Waals surface area (Å²) in [6.07, 6.45) is 3.21. The van der Waals surface area contributed by atoms with E-state index in [1.807, 2.05) is 30.3 Å². The minimum absolute atomic E-state index is 0.172. The lowest BCUT2D eigenvalue weighted by Gasteiger charge is -2.36. The molecule has 6 nitrogen and oxygen atoms in total. The second kappa shape index (κ2) is 10.9. The average Bonchev–Trinajstić information content (AvgIpc) is 2.75. The zero-order valence-corrected chi connectivity index (χ0v) is 21.4. The Morgan fingerprint density at radius 2 is 1.47 bits per heavy atom. The second-order valence-electron chi connectivity index (χ2n) is 8.53. The monoisotopic (exact) mass is 507 g/mol. The molecule has 2 heterocycles. The SMILES string of the molecule is CC(C)(C)[Si](C)(C)Oc1ccc(Nc2cc(C#N)ccn2)cc1.N#Cc1ccnc(Br)c1. The third-order valence-electron chi connectivity index (χ3n) is 5.05. The van der Waals surface area contributed by atoms with Gasteiger partial charge in [0.25, 0.3) is 0 Å². The summed E-state index contributed by atoms with van der Waals surface area (Å²) >= 11 is 3.14. The molecule has 1 N–H and O–H groups in total. The van der Waals surface area contributed by atoms with E-state index < -0.39 is 8.32 Å². The highest BCUT2D eigenvalue weighted by Gasteiger charge is 2.38. The molecule has 0 unspecified atom stereocenters. The molecule has 32 heavy (non-hydrogen) atoms. The van der Waals surface area contributed by atoms with Gasteiger partial charge >= 0.3 is 0 Å². The molecule has 3 aromatic rings. The van der Waals surface area contributed by atoms with Crippen LogP contribution in [0.4, 0.5) is 11.5 Å². The third kappa shape index (κ3) is 7.49. The zero-order chi connectivity index (χ0) is 23.8. The lowest BCUT2D eigenvalue weighted by Crippen LogP contribution is -2.43. The summed E-state index contributed by atoms with van der Waals surface area (Å²) in [5.74, 6) is 1.54. The van der Waals surface area contributed by atoms with E-state index in [9.17, 15) is 0 Å². The maximum atomic E-state index is 8.92. The van der Waals surface area contributed by atoms with Crippen LogP contribution in [0.1, 0.15) is 31.9 Å². The maximum Gasteiger partial charge on any atom is 0.250 e. The highest BCUT2D eigenvalue weighted by molar-refractivity contribution is 9.10. The Morgan fingerprint density at radius 3 is 1.97 bits per heavy atom. The van der Waals surface area contributed by atoms with Crippen molar-refractivity contribution in [3.63, 3.8) is 0 Å². The number of nitrogens with zero attached hydrogens (tertiary/aromatic N) is 4. The molecule has 0 bridgehead atoms. The maximum absolute atomic E-state index is 8.92. The summed E-state index contributed by atoms with van der Waals surface area (Å²) in [4.78, 5) is 8.06. The topological polar surface area (TPSA) is 94.6 Å². The summed E-state index contributed by atoms with van der Waals surface area (Å²) in [5, 5.41) is 20.6. The van der Waals surface area contributed by atoms with E-state index in [4.69, 9.17) is 14.9 Å².